The van der Waals surface area contributed by atoms with E-state index in [-0.39, 0.29) is 5.91 Å². The summed E-state index contributed by atoms with van der Waals surface area (Å²) in [4.78, 5) is 13.0. The summed E-state index contributed by atoms with van der Waals surface area (Å²) in [6.07, 6.45) is 0. The zero-order valence-corrected chi connectivity index (χ0v) is 10.9. The standard InChI is InChI=1S/C13H14N2OS/c1-8-4-5-9(2)11(6-8)14-13(16)12-7-10(3)17-15-12/h4-7H,1-3H3,(H,14,16). The van der Waals surface area contributed by atoms with E-state index in [4.69, 9.17) is 0 Å². The Morgan fingerprint density at radius 2 is 2.00 bits per heavy atom. The number of benzene rings is 1. The lowest BCUT2D eigenvalue weighted by molar-refractivity contribution is 0.102. The van der Waals surface area contributed by atoms with Crippen molar-refractivity contribution in [3.63, 3.8) is 0 Å². The quantitative estimate of drug-likeness (QED) is 0.883. The lowest BCUT2D eigenvalue weighted by Crippen LogP contribution is -2.13. The number of aryl methyl sites for hydroxylation is 3. The number of hydrogen-bond acceptors (Lipinski definition) is 3. The van der Waals surface area contributed by atoms with Gasteiger partial charge in [0, 0.05) is 10.6 Å². The SMILES string of the molecule is Cc1ccc(C)c(NC(=O)c2cc(C)sn2)c1. The Morgan fingerprint density at radius 3 is 2.65 bits per heavy atom. The van der Waals surface area contributed by atoms with Crippen molar-refractivity contribution in [2.24, 2.45) is 0 Å². The number of rotatable bonds is 2. The van der Waals surface area contributed by atoms with Crippen LogP contribution in [0.5, 0.6) is 0 Å². The van der Waals surface area contributed by atoms with Gasteiger partial charge in [0.2, 0.25) is 0 Å². The number of hydrogen-bond donors (Lipinski definition) is 1. The summed E-state index contributed by atoms with van der Waals surface area (Å²) in [6, 6.07) is 7.78. The Bertz CT molecular complexity index is 560. The molecule has 1 N–H and O–H groups in total. The van der Waals surface area contributed by atoms with Crippen LogP contribution in [0.2, 0.25) is 0 Å². The van der Waals surface area contributed by atoms with Crippen molar-refractivity contribution in [2.45, 2.75) is 20.8 Å². The number of carbonyl (C=O) groups is 1. The van der Waals surface area contributed by atoms with E-state index in [0.29, 0.717) is 5.69 Å². The molecule has 1 amide bonds. The van der Waals surface area contributed by atoms with Crippen molar-refractivity contribution in [3.05, 3.63) is 46.0 Å². The van der Waals surface area contributed by atoms with E-state index < -0.39 is 0 Å². The van der Waals surface area contributed by atoms with Gasteiger partial charge in [-0.1, -0.05) is 12.1 Å². The fourth-order valence-electron chi connectivity index (χ4n) is 1.53. The van der Waals surface area contributed by atoms with Crippen molar-refractivity contribution in [1.29, 1.82) is 0 Å². The minimum atomic E-state index is -0.150. The molecule has 0 unspecified atom stereocenters. The van der Waals surface area contributed by atoms with Crippen LogP contribution in [0.1, 0.15) is 26.5 Å². The van der Waals surface area contributed by atoms with Crippen LogP contribution in [0, 0.1) is 20.8 Å². The van der Waals surface area contributed by atoms with Crippen LogP contribution in [0.4, 0.5) is 5.69 Å². The first-order valence-electron chi connectivity index (χ1n) is 5.38. The zero-order valence-electron chi connectivity index (χ0n) is 10.1. The van der Waals surface area contributed by atoms with Gasteiger partial charge in [-0.15, -0.1) is 0 Å². The van der Waals surface area contributed by atoms with Crippen molar-refractivity contribution in [1.82, 2.24) is 4.37 Å². The molecule has 17 heavy (non-hydrogen) atoms. The Labute approximate surface area is 105 Å². The normalized spacial score (nSPS) is 10.3. The third-order valence-electron chi connectivity index (χ3n) is 2.50. The van der Waals surface area contributed by atoms with E-state index in [0.717, 1.165) is 21.7 Å². The topological polar surface area (TPSA) is 42.0 Å². The Balaban J connectivity index is 2.21. The van der Waals surface area contributed by atoms with Crippen LogP contribution in [0.3, 0.4) is 0 Å². The van der Waals surface area contributed by atoms with Crippen LogP contribution >= 0.6 is 11.5 Å². The van der Waals surface area contributed by atoms with E-state index in [2.05, 4.69) is 9.69 Å². The van der Waals surface area contributed by atoms with Gasteiger partial charge in [-0.05, 0) is 55.6 Å². The van der Waals surface area contributed by atoms with Crippen LogP contribution < -0.4 is 5.32 Å². The van der Waals surface area contributed by atoms with Gasteiger partial charge in [-0.25, -0.2) is 0 Å². The number of nitrogens with zero attached hydrogens (tertiary/aromatic N) is 1. The molecule has 0 fully saturated rings. The minimum Gasteiger partial charge on any atom is -0.320 e. The van der Waals surface area contributed by atoms with Crippen LogP contribution in [0.25, 0.3) is 0 Å². The summed E-state index contributed by atoms with van der Waals surface area (Å²) in [7, 11) is 0. The van der Waals surface area contributed by atoms with E-state index in [1.54, 1.807) is 6.07 Å². The molecular weight excluding hydrogens is 232 g/mol. The van der Waals surface area contributed by atoms with Crippen molar-refractivity contribution >= 4 is 23.1 Å². The first-order chi connectivity index (χ1) is 8.06. The first-order valence-corrected chi connectivity index (χ1v) is 6.15. The summed E-state index contributed by atoms with van der Waals surface area (Å²) in [5, 5.41) is 2.89. The molecule has 0 aliphatic rings. The molecule has 0 radical (unpaired) electrons. The highest BCUT2D eigenvalue weighted by atomic mass is 32.1. The molecular formula is C13H14N2OS. The van der Waals surface area contributed by atoms with Gasteiger partial charge < -0.3 is 5.32 Å². The second-order valence-corrected chi connectivity index (χ2v) is 5.10. The number of anilines is 1. The number of nitrogens with one attached hydrogen (secondary N) is 1. The maximum Gasteiger partial charge on any atom is 0.275 e. The molecule has 0 aliphatic heterocycles. The molecule has 4 heteroatoms. The molecule has 0 atom stereocenters. The molecule has 0 saturated heterocycles. The van der Waals surface area contributed by atoms with Crippen molar-refractivity contribution < 1.29 is 4.79 Å². The number of aromatic nitrogens is 1. The molecule has 3 nitrogen and oxygen atoms in total. The largest absolute Gasteiger partial charge is 0.320 e. The van der Waals surface area contributed by atoms with Gasteiger partial charge in [0.15, 0.2) is 0 Å². The third kappa shape index (κ3) is 2.71. The van der Waals surface area contributed by atoms with E-state index >= 15 is 0 Å². The third-order valence-corrected chi connectivity index (χ3v) is 3.20. The predicted octanol–water partition coefficient (Wildman–Crippen LogP) is 3.32. The predicted molar refractivity (Wildman–Crippen MR) is 70.7 cm³/mol. The molecule has 88 valence electrons. The molecule has 0 saturated carbocycles. The Morgan fingerprint density at radius 1 is 1.24 bits per heavy atom. The summed E-state index contributed by atoms with van der Waals surface area (Å²) < 4.78 is 4.09. The molecule has 1 aromatic heterocycles. The Kier molecular flexibility index (Phi) is 3.24. The Hall–Kier alpha value is -1.68. The smallest absolute Gasteiger partial charge is 0.275 e. The lowest BCUT2D eigenvalue weighted by Gasteiger charge is -2.07. The molecule has 0 spiro atoms. The fraction of sp³-hybridized carbons (Fsp3) is 0.231. The highest BCUT2D eigenvalue weighted by Gasteiger charge is 2.10. The maximum absolute atomic E-state index is 11.9. The second-order valence-electron chi connectivity index (χ2n) is 4.10. The van der Waals surface area contributed by atoms with Gasteiger partial charge in [0.25, 0.3) is 5.91 Å². The highest BCUT2D eigenvalue weighted by molar-refractivity contribution is 7.05. The van der Waals surface area contributed by atoms with E-state index in [9.17, 15) is 4.79 Å². The van der Waals surface area contributed by atoms with Gasteiger partial charge in [-0.2, -0.15) is 4.37 Å². The van der Waals surface area contributed by atoms with E-state index in [1.165, 1.54) is 11.5 Å². The van der Waals surface area contributed by atoms with Gasteiger partial charge >= 0.3 is 0 Å². The maximum atomic E-state index is 11.9. The molecule has 1 heterocycles. The number of amides is 1. The molecule has 1 aromatic carbocycles. The lowest BCUT2D eigenvalue weighted by atomic mass is 10.1. The average Bonchev–Trinajstić information content (AvgIpc) is 2.70. The van der Waals surface area contributed by atoms with E-state index in [1.807, 2.05) is 39.0 Å². The monoisotopic (exact) mass is 246 g/mol. The minimum absolute atomic E-state index is 0.150. The van der Waals surface area contributed by atoms with Crippen LogP contribution in [0.15, 0.2) is 24.3 Å². The van der Waals surface area contributed by atoms with Crippen LogP contribution in [-0.4, -0.2) is 10.3 Å². The molecule has 2 rings (SSSR count). The van der Waals surface area contributed by atoms with Crippen LogP contribution in [-0.2, 0) is 0 Å². The zero-order chi connectivity index (χ0) is 12.4. The van der Waals surface area contributed by atoms with Gasteiger partial charge in [-0.3, -0.25) is 4.79 Å². The highest BCUT2D eigenvalue weighted by Crippen LogP contribution is 2.18. The first kappa shape index (κ1) is 11.8. The summed E-state index contributed by atoms with van der Waals surface area (Å²) in [5.74, 6) is -0.150. The average molecular weight is 246 g/mol. The summed E-state index contributed by atoms with van der Waals surface area (Å²) >= 11 is 1.34. The van der Waals surface area contributed by atoms with Gasteiger partial charge in [0.05, 0.1) is 0 Å². The molecule has 0 bridgehead atoms. The second kappa shape index (κ2) is 4.67. The molecule has 0 aliphatic carbocycles. The fourth-order valence-corrected chi connectivity index (χ4v) is 2.07. The molecule has 2 aromatic rings. The summed E-state index contributed by atoms with van der Waals surface area (Å²) in [5.41, 5.74) is 3.50. The number of carbonyl (C=O) groups excluding carboxylic acids is 1. The van der Waals surface area contributed by atoms with Crippen molar-refractivity contribution in [2.75, 3.05) is 5.32 Å². The van der Waals surface area contributed by atoms with Crippen molar-refractivity contribution in [3.8, 4) is 0 Å². The van der Waals surface area contributed by atoms with Gasteiger partial charge in [0.1, 0.15) is 5.69 Å². The summed E-state index contributed by atoms with van der Waals surface area (Å²) in [6.45, 7) is 5.91.